The van der Waals surface area contributed by atoms with Gasteiger partial charge >= 0.3 is 11.7 Å². The number of fused-ring (bicyclic) bond motifs is 1. The number of anilines is 1. The Hall–Kier alpha value is -4.14. The van der Waals surface area contributed by atoms with Crippen molar-refractivity contribution in [2.45, 2.75) is 0 Å². The van der Waals surface area contributed by atoms with Gasteiger partial charge in [-0.3, -0.25) is 24.0 Å². The highest BCUT2D eigenvalue weighted by Crippen LogP contribution is 2.30. The zero-order valence-corrected chi connectivity index (χ0v) is 16.5. The van der Waals surface area contributed by atoms with Crippen LogP contribution < -0.4 is 20.6 Å². The van der Waals surface area contributed by atoms with Gasteiger partial charge in [0.1, 0.15) is 11.3 Å². The quantitative estimate of drug-likeness (QED) is 0.525. The second-order valence-corrected chi connectivity index (χ2v) is 6.78. The van der Waals surface area contributed by atoms with Crippen molar-refractivity contribution in [2.75, 3.05) is 12.0 Å². The van der Waals surface area contributed by atoms with Gasteiger partial charge in [-0.2, -0.15) is 0 Å². The first kappa shape index (κ1) is 19.2. The minimum Gasteiger partial charge on any atom is -0.495 e. The van der Waals surface area contributed by atoms with E-state index in [1.165, 1.54) is 22.3 Å². The van der Waals surface area contributed by atoms with Crippen LogP contribution in [0.25, 0.3) is 17.1 Å². The molecule has 2 aromatic carbocycles. The van der Waals surface area contributed by atoms with Gasteiger partial charge in [0.15, 0.2) is 0 Å². The second-order valence-electron chi connectivity index (χ2n) is 6.78. The van der Waals surface area contributed by atoms with Gasteiger partial charge in [0.05, 0.1) is 23.8 Å². The van der Waals surface area contributed by atoms with Crippen LogP contribution in [0.15, 0.2) is 52.8 Å². The zero-order chi connectivity index (χ0) is 21.6. The number of nitrogens with zero attached hydrogens (tertiary/aromatic N) is 3. The predicted octanol–water partition coefficient (Wildman–Crippen LogP) is 1.55. The maximum Gasteiger partial charge on any atom is 0.336 e. The van der Waals surface area contributed by atoms with Crippen molar-refractivity contribution >= 4 is 40.6 Å². The number of aryl methyl sites for hydroxylation is 2. The van der Waals surface area contributed by atoms with Gasteiger partial charge in [-0.15, -0.1) is 0 Å². The van der Waals surface area contributed by atoms with Crippen LogP contribution in [0.5, 0.6) is 5.75 Å². The molecule has 1 aliphatic heterocycles. The summed E-state index contributed by atoms with van der Waals surface area (Å²) in [7, 11) is 4.73. The highest BCUT2D eigenvalue weighted by molar-refractivity contribution is 6.39. The van der Waals surface area contributed by atoms with Crippen LogP contribution in [0.3, 0.4) is 0 Å². The molecule has 152 valence electrons. The summed E-state index contributed by atoms with van der Waals surface area (Å²) < 4.78 is 8.22. The van der Waals surface area contributed by atoms with E-state index in [9.17, 15) is 19.2 Å². The van der Waals surface area contributed by atoms with Gasteiger partial charge in [-0.25, -0.2) is 14.5 Å². The number of nitrogens with one attached hydrogen (secondary N) is 1. The van der Waals surface area contributed by atoms with E-state index in [0.717, 1.165) is 10.4 Å². The Morgan fingerprint density at radius 1 is 0.933 bits per heavy atom. The third kappa shape index (κ3) is 2.87. The number of carbonyl (C=O) groups is 3. The van der Waals surface area contributed by atoms with Crippen LogP contribution in [0.4, 0.5) is 10.5 Å². The lowest BCUT2D eigenvalue weighted by molar-refractivity contribution is -0.122. The largest absolute Gasteiger partial charge is 0.495 e. The zero-order valence-electron chi connectivity index (χ0n) is 16.5. The number of ether oxygens (including phenoxy) is 1. The topological polar surface area (TPSA) is 103 Å². The molecule has 0 unspecified atom stereocenters. The van der Waals surface area contributed by atoms with Crippen LogP contribution in [0, 0.1) is 0 Å². The first-order valence-electron chi connectivity index (χ1n) is 9.03. The molecule has 0 spiro atoms. The lowest BCUT2D eigenvalue weighted by atomic mass is 10.1. The number of para-hydroxylation sites is 2. The lowest BCUT2D eigenvalue weighted by Crippen LogP contribution is -2.54. The molecule has 4 amide bonds. The van der Waals surface area contributed by atoms with Gasteiger partial charge in [0, 0.05) is 14.1 Å². The molecule has 0 aliphatic carbocycles. The molecule has 30 heavy (non-hydrogen) atoms. The van der Waals surface area contributed by atoms with Gasteiger partial charge in [-0.05, 0) is 35.9 Å². The molecule has 2 heterocycles. The first-order valence-corrected chi connectivity index (χ1v) is 9.03. The average molecular weight is 406 g/mol. The van der Waals surface area contributed by atoms with Crippen LogP contribution >= 0.6 is 0 Å². The van der Waals surface area contributed by atoms with Crippen molar-refractivity contribution in [3.63, 3.8) is 0 Å². The Balaban J connectivity index is 1.81. The normalized spacial score (nSPS) is 15.8. The van der Waals surface area contributed by atoms with E-state index in [-0.39, 0.29) is 17.0 Å². The Bertz CT molecular complexity index is 1310. The maximum absolute atomic E-state index is 13.1. The highest BCUT2D eigenvalue weighted by Gasteiger charge is 2.38. The smallest absolute Gasteiger partial charge is 0.336 e. The minimum atomic E-state index is -0.854. The molecule has 0 radical (unpaired) electrons. The maximum atomic E-state index is 13.1. The van der Waals surface area contributed by atoms with E-state index in [1.807, 2.05) is 0 Å². The van der Waals surface area contributed by atoms with Crippen molar-refractivity contribution < 1.29 is 19.1 Å². The Morgan fingerprint density at radius 3 is 2.37 bits per heavy atom. The summed E-state index contributed by atoms with van der Waals surface area (Å²) in [6.07, 6.45) is 1.39. The fraction of sp³-hybridized carbons (Fsp3) is 0.143. The molecule has 3 aromatic rings. The van der Waals surface area contributed by atoms with Crippen LogP contribution in [-0.4, -0.2) is 34.1 Å². The standard InChI is InChI=1S/C21H18N4O5/c1-23-14-9-8-12(11-16(14)24(2)21(23)29)10-13-18(26)22-20(28)25(19(13)27)15-6-4-5-7-17(15)30-3/h4-11H,1-3H3,(H,22,26,28). The number of rotatable bonds is 3. The number of urea groups is 1. The fourth-order valence-electron chi connectivity index (χ4n) is 3.47. The lowest BCUT2D eigenvalue weighted by Gasteiger charge is -2.27. The van der Waals surface area contributed by atoms with Crippen molar-refractivity contribution in [1.82, 2.24) is 14.5 Å². The van der Waals surface area contributed by atoms with Crippen molar-refractivity contribution in [1.29, 1.82) is 0 Å². The van der Waals surface area contributed by atoms with Crippen molar-refractivity contribution in [3.8, 4) is 5.75 Å². The number of methoxy groups -OCH3 is 1. The number of barbiturate groups is 1. The summed E-state index contributed by atoms with van der Waals surface area (Å²) in [5.41, 5.74) is 1.74. The van der Waals surface area contributed by atoms with E-state index >= 15 is 0 Å². The summed E-state index contributed by atoms with van der Waals surface area (Å²) in [4.78, 5) is 50.9. The van der Waals surface area contributed by atoms with E-state index in [1.54, 1.807) is 56.6 Å². The third-order valence-corrected chi connectivity index (χ3v) is 5.03. The molecule has 1 fully saturated rings. The average Bonchev–Trinajstić information content (AvgIpc) is 2.95. The molecule has 1 aliphatic rings. The first-order chi connectivity index (χ1) is 14.3. The molecule has 9 nitrogen and oxygen atoms in total. The van der Waals surface area contributed by atoms with Crippen LogP contribution in [0.2, 0.25) is 0 Å². The number of imide groups is 2. The molecule has 9 heteroatoms. The Morgan fingerprint density at radius 2 is 1.63 bits per heavy atom. The van der Waals surface area contributed by atoms with E-state index in [2.05, 4.69) is 5.32 Å². The Kier molecular flexibility index (Phi) is 4.50. The number of imidazole rings is 1. The molecule has 1 aromatic heterocycles. The fourth-order valence-corrected chi connectivity index (χ4v) is 3.47. The van der Waals surface area contributed by atoms with Crippen LogP contribution in [0.1, 0.15) is 5.56 Å². The molecule has 1 N–H and O–H groups in total. The number of hydrogen-bond donors (Lipinski definition) is 1. The number of amides is 4. The van der Waals surface area contributed by atoms with Gasteiger partial charge in [0.25, 0.3) is 11.8 Å². The number of hydrogen-bond acceptors (Lipinski definition) is 5. The molecule has 0 saturated carbocycles. The van der Waals surface area contributed by atoms with Gasteiger partial charge in [-0.1, -0.05) is 18.2 Å². The number of benzene rings is 2. The number of carbonyl (C=O) groups excluding carboxylic acids is 3. The third-order valence-electron chi connectivity index (χ3n) is 5.03. The van der Waals surface area contributed by atoms with Gasteiger partial charge < -0.3 is 4.74 Å². The van der Waals surface area contributed by atoms with E-state index in [0.29, 0.717) is 16.8 Å². The summed E-state index contributed by atoms with van der Waals surface area (Å²) in [6.45, 7) is 0. The number of aromatic nitrogens is 2. The monoisotopic (exact) mass is 406 g/mol. The van der Waals surface area contributed by atoms with E-state index < -0.39 is 17.8 Å². The summed E-state index contributed by atoms with van der Waals surface area (Å²) in [5, 5.41) is 2.19. The molecule has 4 rings (SSSR count). The molecular weight excluding hydrogens is 388 g/mol. The minimum absolute atomic E-state index is 0.186. The summed E-state index contributed by atoms with van der Waals surface area (Å²) >= 11 is 0. The molecule has 1 saturated heterocycles. The molecular formula is C21H18N4O5. The van der Waals surface area contributed by atoms with Gasteiger partial charge in [0.2, 0.25) is 0 Å². The summed E-state index contributed by atoms with van der Waals surface area (Å²) in [6, 6.07) is 10.8. The van der Waals surface area contributed by atoms with Crippen molar-refractivity contribution in [3.05, 3.63) is 64.1 Å². The highest BCUT2D eigenvalue weighted by atomic mass is 16.5. The van der Waals surface area contributed by atoms with E-state index in [4.69, 9.17) is 4.74 Å². The molecule has 0 atom stereocenters. The van der Waals surface area contributed by atoms with Crippen LogP contribution in [-0.2, 0) is 23.7 Å². The molecule has 0 bridgehead atoms. The van der Waals surface area contributed by atoms with Crippen molar-refractivity contribution in [2.24, 2.45) is 14.1 Å². The predicted molar refractivity (Wildman–Crippen MR) is 110 cm³/mol. The summed E-state index contributed by atoms with van der Waals surface area (Å²) in [5.74, 6) is -1.25. The SMILES string of the molecule is COc1ccccc1N1C(=O)NC(=O)C(=Cc2ccc3c(c2)n(C)c(=O)n3C)C1=O. The Labute approximate surface area is 170 Å². The second kappa shape index (κ2) is 7.03.